The van der Waals surface area contributed by atoms with Crippen LogP contribution in [0.3, 0.4) is 0 Å². The number of benzene rings is 8. The summed E-state index contributed by atoms with van der Waals surface area (Å²) in [5.41, 5.74) is 10.7. The van der Waals surface area contributed by atoms with E-state index in [1.807, 2.05) is 17.5 Å². The molecule has 0 amide bonds. The maximum absolute atomic E-state index is 5.05. The van der Waals surface area contributed by atoms with Crippen LogP contribution in [0.5, 0.6) is 0 Å². The fraction of sp³-hybridized carbons (Fsp3) is 0.0556. The van der Waals surface area contributed by atoms with E-state index in [0.29, 0.717) is 0 Å². The summed E-state index contributed by atoms with van der Waals surface area (Å²) >= 11 is 1.84. The van der Waals surface area contributed by atoms with Gasteiger partial charge in [0.2, 0.25) is 0 Å². The highest BCUT2D eigenvalue weighted by Gasteiger charge is 2.19. The van der Waals surface area contributed by atoms with Gasteiger partial charge in [-0.3, -0.25) is 4.98 Å². The lowest BCUT2D eigenvalue weighted by molar-refractivity contribution is 1.09. The number of hydrogen-bond acceptors (Lipinski definition) is 2. The summed E-state index contributed by atoms with van der Waals surface area (Å²) in [6, 6.07) is 58.2. The summed E-state index contributed by atoms with van der Waals surface area (Å²) in [6.45, 7) is 4.44. The van der Waals surface area contributed by atoms with Crippen LogP contribution in [0.15, 0.2) is 170 Å². The van der Waals surface area contributed by atoms with E-state index in [0.717, 1.165) is 23.4 Å². The van der Waals surface area contributed by atoms with Crippen molar-refractivity contribution in [3.63, 3.8) is 0 Å². The molecule has 274 valence electrons. The first-order chi connectivity index (χ1) is 28.7. The summed E-state index contributed by atoms with van der Waals surface area (Å²) < 4.78 is 7.34. The second-order valence-electron chi connectivity index (χ2n) is 15.4. The van der Waals surface area contributed by atoms with Crippen molar-refractivity contribution in [2.45, 2.75) is 20.3 Å². The third-order valence-corrected chi connectivity index (χ3v) is 13.4. The van der Waals surface area contributed by atoms with Gasteiger partial charge in [-0.05, 0) is 118 Å². The summed E-state index contributed by atoms with van der Waals surface area (Å²) in [5.74, 6) is 0. The third-order valence-electron chi connectivity index (χ3n) is 12.2. The average Bonchev–Trinajstić information content (AvgIpc) is 3.92. The van der Waals surface area contributed by atoms with Gasteiger partial charge in [0.15, 0.2) is 0 Å². The number of aromatic nitrogens is 3. The lowest BCUT2D eigenvalue weighted by atomic mass is 9.93. The smallest absolute Gasteiger partial charge is 0.0880 e. The molecule has 0 saturated heterocycles. The van der Waals surface area contributed by atoms with Crippen molar-refractivity contribution >= 4 is 103 Å². The summed E-state index contributed by atoms with van der Waals surface area (Å²) in [4.78, 5) is 5.05. The van der Waals surface area contributed by atoms with E-state index < -0.39 is 0 Å². The SMILES string of the molecule is CCC=Cc1c(C)c2ccccc2n1-c1ccc2c(c1)c1ccccc1n2-c1ccc2sc3c(-c4ccc5c6ccccc6c6ccccc6c5c4)nccc3c2c1. The molecule has 0 fully saturated rings. The number of thiophene rings is 1. The summed E-state index contributed by atoms with van der Waals surface area (Å²) in [7, 11) is 0. The van der Waals surface area contributed by atoms with Crippen molar-refractivity contribution in [3.05, 3.63) is 181 Å². The predicted octanol–water partition coefficient (Wildman–Crippen LogP) is 15.3. The van der Waals surface area contributed by atoms with Crippen LogP contribution in [0.4, 0.5) is 0 Å². The minimum absolute atomic E-state index is 0.994. The van der Waals surface area contributed by atoms with Crippen molar-refractivity contribution in [2.75, 3.05) is 0 Å². The Balaban J connectivity index is 1.03. The minimum atomic E-state index is 0.994. The van der Waals surface area contributed by atoms with E-state index in [1.165, 1.54) is 102 Å². The topological polar surface area (TPSA) is 22.8 Å². The molecular weight excluding hydrogens is 723 g/mol. The Morgan fingerprint density at radius 1 is 0.500 bits per heavy atom. The molecule has 0 aliphatic heterocycles. The van der Waals surface area contributed by atoms with E-state index in [1.54, 1.807) is 0 Å². The standard InChI is InChI=1S/C54H37N3S/c1-3-4-19-48-33(2)37-13-9-11-20-49(37)56(48)35-23-26-51-46(31-35)43-18-10-12-21-50(43)57(51)36-24-27-52-47(32-36)44-28-29-55-53(54(44)58-52)34-22-25-42-40-16-6-5-14-38(40)39-15-7-8-17-41(39)45(42)30-34/h4-32H,3H2,1-2H3. The molecule has 58 heavy (non-hydrogen) atoms. The molecule has 0 unspecified atom stereocenters. The molecule has 0 N–H and O–H groups in total. The number of pyridine rings is 1. The number of rotatable bonds is 5. The molecule has 0 spiro atoms. The highest BCUT2D eigenvalue weighted by Crippen LogP contribution is 2.43. The Hall–Kier alpha value is -7.01. The number of nitrogens with zero attached hydrogens (tertiary/aromatic N) is 3. The molecule has 0 atom stereocenters. The van der Waals surface area contributed by atoms with Gasteiger partial charge in [-0.15, -0.1) is 11.3 Å². The van der Waals surface area contributed by atoms with E-state index in [4.69, 9.17) is 4.98 Å². The first kappa shape index (κ1) is 33.2. The van der Waals surface area contributed by atoms with Gasteiger partial charge in [-0.25, -0.2) is 0 Å². The first-order valence-corrected chi connectivity index (χ1v) is 20.9. The number of aryl methyl sites for hydroxylation is 1. The third kappa shape index (κ3) is 4.76. The van der Waals surface area contributed by atoms with Gasteiger partial charge in [0.05, 0.1) is 26.9 Å². The van der Waals surface area contributed by atoms with Gasteiger partial charge in [0.1, 0.15) is 0 Å². The zero-order valence-electron chi connectivity index (χ0n) is 32.2. The number of fused-ring (bicyclic) bond motifs is 13. The second-order valence-corrected chi connectivity index (χ2v) is 16.4. The number of para-hydroxylation sites is 2. The average molecular weight is 760 g/mol. The van der Waals surface area contributed by atoms with Crippen molar-refractivity contribution < 1.29 is 0 Å². The van der Waals surface area contributed by atoms with Crippen LogP contribution in [0.1, 0.15) is 24.6 Å². The molecule has 3 nitrogen and oxygen atoms in total. The lowest BCUT2D eigenvalue weighted by Crippen LogP contribution is -1.98. The fourth-order valence-corrected chi connectivity index (χ4v) is 10.8. The van der Waals surface area contributed by atoms with Gasteiger partial charge >= 0.3 is 0 Å². The maximum atomic E-state index is 5.05. The van der Waals surface area contributed by atoms with Crippen LogP contribution in [0.2, 0.25) is 0 Å². The molecule has 12 aromatic rings. The molecule has 0 aliphatic carbocycles. The quantitative estimate of drug-likeness (QED) is 0.160. The fourth-order valence-electron chi connectivity index (χ4n) is 9.60. The molecule has 0 aliphatic rings. The van der Waals surface area contributed by atoms with E-state index in [9.17, 15) is 0 Å². The molecule has 4 heteroatoms. The van der Waals surface area contributed by atoms with Crippen molar-refractivity contribution in [1.82, 2.24) is 14.1 Å². The highest BCUT2D eigenvalue weighted by atomic mass is 32.1. The Kier molecular flexibility index (Phi) is 7.29. The van der Waals surface area contributed by atoms with E-state index in [-0.39, 0.29) is 0 Å². The van der Waals surface area contributed by atoms with Gasteiger partial charge in [0, 0.05) is 60.5 Å². The van der Waals surface area contributed by atoms with Gasteiger partial charge < -0.3 is 9.13 Å². The Bertz CT molecular complexity index is 3650. The Morgan fingerprint density at radius 3 is 1.83 bits per heavy atom. The molecule has 0 bridgehead atoms. The minimum Gasteiger partial charge on any atom is -0.310 e. The zero-order valence-corrected chi connectivity index (χ0v) is 33.0. The predicted molar refractivity (Wildman–Crippen MR) is 250 cm³/mol. The molecule has 4 aromatic heterocycles. The summed E-state index contributed by atoms with van der Waals surface area (Å²) in [5, 5.41) is 13.9. The van der Waals surface area contributed by atoms with Gasteiger partial charge in [-0.2, -0.15) is 0 Å². The van der Waals surface area contributed by atoms with Crippen molar-refractivity contribution in [1.29, 1.82) is 0 Å². The molecule has 4 heterocycles. The van der Waals surface area contributed by atoms with Crippen LogP contribution in [0.25, 0.3) is 114 Å². The maximum Gasteiger partial charge on any atom is 0.0880 e. The van der Waals surface area contributed by atoms with Crippen molar-refractivity contribution in [2.24, 2.45) is 0 Å². The first-order valence-electron chi connectivity index (χ1n) is 20.1. The van der Waals surface area contributed by atoms with Gasteiger partial charge in [-0.1, -0.05) is 110 Å². The number of allylic oxidation sites excluding steroid dienone is 1. The zero-order chi connectivity index (χ0) is 38.5. The lowest BCUT2D eigenvalue weighted by Gasteiger charge is -2.12. The molecule has 0 radical (unpaired) electrons. The van der Waals surface area contributed by atoms with Crippen LogP contribution in [0, 0.1) is 6.92 Å². The molecule has 12 rings (SSSR count). The Morgan fingerprint density at radius 2 is 1.09 bits per heavy atom. The van der Waals surface area contributed by atoms with Crippen molar-refractivity contribution in [3.8, 4) is 22.6 Å². The van der Waals surface area contributed by atoms with E-state index in [2.05, 4.69) is 193 Å². The van der Waals surface area contributed by atoms with Crippen LogP contribution < -0.4 is 0 Å². The molecular formula is C54H37N3S. The molecule has 8 aromatic carbocycles. The van der Waals surface area contributed by atoms with Crippen LogP contribution >= 0.6 is 11.3 Å². The normalized spacial score (nSPS) is 12.3. The largest absolute Gasteiger partial charge is 0.310 e. The van der Waals surface area contributed by atoms with Crippen LogP contribution in [-0.4, -0.2) is 14.1 Å². The molecule has 0 saturated carbocycles. The summed E-state index contributed by atoms with van der Waals surface area (Å²) in [6.07, 6.45) is 7.52. The Labute approximate surface area is 339 Å². The highest BCUT2D eigenvalue weighted by molar-refractivity contribution is 7.26. The monoisotopic (exact) mass is 759 g/mol. The van der Waals surface area contributed by atoms with Gasteiger partial charge in [0.25, 0.3) is 0 Å². The van der Waals surface area contributed by atoms with E-state index >= 15 is 0 Å². The van der Waals surface area contributed by atoms with Crippen LogP contribution in [-0.2, 0) is 0 Å². The second kappa shape index (κ2) is 12.8. The number of hydrogen-bond donors (Lipinski definition) is 0.